The topological polar surface area (TPSA) is 44.5 Å². The molecule has 0 spiro atoms. The van der Waals surface area contributed by atoms with Gasteiger partial charge in [0.1, 0.15) is 0 Å². The zero-order valence-corrected chi connectivity index (χ0v) is 11.2. The summed E-state index contributed by atoms with van der Waals surface area (Å²) < 4.78 is 10.6. The molecule has 2 N–H and O–H groups in total. The van der Waals surface area contributed by atoms with Crippen molar-refractivity contribution in [2.75, 3.05) is 14.2 Å². The molecule has 0 radical (unpaired) electrons. The van der Waals surface area contributed by atoms with E-state index in [0.717, 1.165) is 24.3 Å². The maximum atomic E-state index is 6.17. The molecule has 4 heteroatoms. The van der Waals surface area contributed by atoms with E-state index in [1.165, 1.54) is 24.0 Å². The molecule has 1 aromatic rings. The van der Waals surface area contributed by atoms with E-state index in [9.17, 15) is 0 Å². The first-order chi connectivity index (χ1) is 7.76. The van der Waals surface area contributed by atoms with Crippen molar-refractivity contribution in [3.05, 3.63) is 23.3 Å². The smallest absolute Gasteiger partial charge is 0.161 e. The van der Waals surface area contributed by atoms with E-state index in [4.69, 9.17) is 15.2 Å². The van der Waals surface area contributed by atoms with Gasteiger partial charge in [-0.3, -0.25) is 0 Å². The molecule has 1 aromatic carbocycles. The Morgan fingerprint density at radius 3 is 2.41 bits per heavy atom. The van der Waals surface area contributed by atoms with Crippen LogP contribution in [-0.4, -0.2) is 14.2 Å². The molecular formula is C13H20ClNO2. The molecule has 1 aliphatic carbocycles. The van der Waals surface area contributed by atoms with Gasteiger partial charge in [0.25, 0.3) is 0 Å². The van der Waals surface area contributed by atoms with Crippen molar-refractivity contribution in [2.45, 2.75) is 31.7 Å². The van der Waals surface area contributed by atoms with Crippen molar-refractivity contribution in [1.82, 2.24) is 0 Å². The van der Waals surface area contributed by atoms with Crippen molar-refractivity contribution in [3.8, 4) is 11.5 Å². The number of hydrogen-bond acceptors (Lipinski definition) is 3. The van der Waals surface area contributed by atoms with Gasteiger partial charge in [-0.05, 0) is 42.5 Å². The lowest BCUT2D eigenvalue weighted by molar-refractivity contribution is 0.354. The molecule has 0 bridgehead atoms. The van der Waals surface area contributed by atoms with Crippen molar-refractivity contribution < 1.29 is 9.47 Å². The number of halogens is 1. The SMILES string of the molecule is COc1cc2c(cc1OC)C(N)CCCC2.Cl. The van der Waals surface area contributed by atoms with Crippen LogP contribution in [0.3, 0.4) is 0 Å². The predicted molar refractivity (Wildman–Crippen MR) is 71.3 cm³/mol. The van der Waals surface area contributed by atoms with E-state index in [-0.39, 0.29) is 18.4 Å². The molecule has 17 heavy (non-hydrogen) atoms. The van der Waals surface area contributed by atoms with E-state index >= 15 is 0 Å². The van der Waals surface area contributed by atoms with Crippen LogP contribution in [0.15, 0.2) is 12.1 Å². The molecule has 0 aromatic heterocycles. The molecule has 0 fully saturated rings. The molecule has 0 saturated carbocycles. The van der Waals surface area contributed by atoms with Crippen LogP contribution in [0.25, 0.3) is 0 Å². The van der Waals surface area contributed by atoms with Crippen LogP contribution in [0.5, 0.6) is 11.5 Å². The van der Waals surface area contributed by atoms with Crippen LogP contribution in [-0.2, 0) is 6.42 Å². The van der Waals surface area contributed by atoms with Gasteiger partial charge >= 0.3 is 0 Å². The zero-order valence-electron chi connectivity index (χ0n) is 10.4. The highest BCUT2D eigenvalue weighted by molar-refractivity contribution is 5.85. The first-order valence-corrected chi connectivity index (χ1v) is 5.76. The fraction of sp³-hybridized carbons (Fsp3) is 0.538. The summed E-state index contributed by atoms with van der Waals surface area (Å²) in [6, 6.07) is 4.24. The summed E-state index contributed by atoms with van der Waals surface area (Å²) in [6.45, 7) is 0. The predicted octanol–water partition coefficient (Wildman–Crippen LogP) is 2.85. The summed E-state index contributed by atoms with van der Waals surface area (Å²) in [6.07, 6.45) is 4.54. The Balaban J connectivity index is 0.00000144. The van der Waals surface area contributed by atoms with E-state index in [0.29, 0.717) is 0 Å². The number of hydrogen-bond donors (Lipinski definition) is 1. The minimum Gasteiger partial charge on any atom is -0.493 e. The molecule has 0 heterocycles. The largest absolute Gasteiger partial charge is 0.493 e. The summed E-state index contributed by atoms with van der Waals surface area (Å²) in [5.41, 5.74) is 8.69. The van der Waals surface area contributed by atoms with Gasteiger partial charge in [-0.15, -0.1) is 12.4 Å². The summed E-state index contributed by atoms with van der Waals surface area (Å²) in [7, 11) is 3.33. The van der Waals surface area contributed by atoms with Gasteiger partial charge in [-0.1, -0.05) is 6.42 Å². The summed E-state index contributed by atoms with van der Waals surface area (Å²) in [5, 5.41) is 0. The Hall–Kier alpha value is -0.930. The number of benzene rings is 1. The number of ether oxygens (including phenoxy) is 2. The van der Waals surface area contributed by atoms with Gasteiger partial charge in [0.15, 0.2) is 11.5 Å². The van der Waals surface area contributed by atoms with Gasteiger partial charge in [0.05, 0.1) is 14.2 Å². The van der Waals surface area contributed by atoms with E-state index in [2.05, 4.69) is 6.07 Å². The number of fused-ring (bicyclic) bond motifs is 1. The highest BCUT2D eigenvalue weighted by atomic mass is 35.5. The van der Waals surface area contributed by atoms with Crippen molar-refractivity contribution in [3.63, 3.8) is 0 Å². The van der Waals surface area contributed by atoms with E-state index < -0.39 is 0 Å². The monoisotopic (exact) mass is 257 g/mol. The fourth-order valence-corrected chi connectivity index (χ4v) is 2.33. The second-order valence-electron chi connectivity index (χ2n) is 4.26. The summed E-state index contributed by atoms with van der Waals surface area (Å²) in [5.74, 6) is 1.58. The molecule has 0 amide bonds. The Kier molecular flexibility index (Phi) is 5.09. The van der Waals surface area contributed by atoms with Crippen molar-refractivity contribution in [1.29, 1.82) is 0 Å². The first kappa shape index (κ1) is 14.1. The Labute approximate surface area is 109 Å². The second kappa shape index (κ2) is 6.12. The maximum Gasteiger partial charge on any atom is 0.161 e. The lowest BCUT2D eigenvalue weighted by atomic mass is 9.99. The highest BCUT2D eigenvalue weighted by Crippen LogP contribution is 2.36. The Bertz CT molecular complexity index is 382. The quantitative estimate of drug-likeness (QED) is 0.829. The maximum absolute atomic E-state index is 6.17. The third-order valence-corrected chi connectivity index (χ3v) is 3.26. The number of methoxy groups -OCH3 is 2. The minimum absolute atomic E-state index is 0. The third kappa shape index (κ3) is 2.85. The molecule has 2 rings (SSSR count). The molecule has 3 nitrogen and oxygen atoms in total. The molecule has 1 aliphatic rings. The lowest BCUT2D eigenvalue weighted by Gasteiger charge is -2.16. The minimum atomic E-state index is 0. The highest BCUT2D eigenvalue weighted by Gasteiger charge is 2.18. The summed E-state index contributed by atoms with van der Waals surface area (Å²) in [4.78, 5) is 0. The second-order valence-corrected chi connectivity index (χ2v) is 4.26. The normalized spacial score (nSPS) is 18.6. The van der Waals surface area contributed by atoms with Gasteiger partial charge < -0.3 is 15.2 Å². The van der Waals surface area contributed by atoms with Crippen LogP contribution in [0, 0.1) is 0 Å². The molecule has 1 atom stereocenters. The van der Waals surface area contributed by atoms with Gasteiger partial charge in [0, 0.05) is 6.04 Å². The van der Waals surface area contributed by atoms with Crippen LogP contribution in [0.4, 0.5) is 0 Å². The average molecular weight is 258 g/mol. The Morgan fingerprint density at radius 1 is 1.12 bits per heavy atom. The van der Waals surface area contributed by atoms with E-state index in [1.807, 2.05) is 6.07 Å². The number of nitrogens with two attached hydrogens (primary N) is 1. The average Bonchev–Trinajstić information content (AvgIpc) is 2.49. The fourth-order valence-electron chi connectivity index (χ4n) is 2.33. The lowest BCUT2D eigenvalue weighted by Crippen LogP contribution is -2.11. The van der Waals surface area contributed by atoms with Gasteiger partial charge in [0.2, 0.25) is 0 Å². The van der Waals surface area contributed by atoms with Crippen molar-refractivity contribution in [2.24, 2.45) is 5.73 Å². The molecule has 0 aliphatic heterocycles. The van der Waals surface area contributed by atoms with Crippen LogP contribution < -0.4 is 15.2 Å². The van der Waals surface area contributed by atoms with Crippen molar-refractivity contribution >= 4 is 12.4 Å². The van der Waals surface area contributed by atoms with Crippen LogP contribution in [0.1, 0.15) is 36.4 Å². The van der Waals surface area contributed by atoms with Gasteiger partial charge in [-0.2, -0.15) is 0 Å². The number of aryl methyl sites for hydroxylation is 1. The zero-order chi connectivity index (χ0) is 11.5. The standard InChI is InChI=1S/C13H19NO2.ClH/c1-15-12-7-9-5-3-4-6-11(14)10(9)8-13(12)16-2;/h7-8,11H,3-6,14H2,1-2H3;1H. The summed E-state index contributed by atoms with van der Waals surface area (Å²) >= 11 is 0. The first-order valence-electron chi connectivity index (χ1n) is 5.76. The van der Waals surface area contributed by atoms with Crippen LogP contribution >= 0.6 is 12.4 Å². The molecule has 0 saturated heterocycles. The number of rotatable bonds is 2. The van der Waals surface area contributed by atoms with Gasteiger partial charge in [-0.25, -0.2) is 0 Å². The Morgan fingerprint density at radius 2 is 1.76 bits per heavy atom. The molecular weight excluding hydrogens is 238 g/mol. The third-order valence-electron chi connectivity index (χ3n) is 3.26. The molecule has 1 unspecified atom stereocenters. The van der Waals surface area contributed by atoms with E-state index in [1.54, 1.807) is 14.2 Å². The molecule has 96 valence electrons. The van der Waals surface area contributed by atoms with Crippen LogP contribution in [0.2, 0.25) is 0 Å².